The first kappa shape index (κ1) is 25.2. The number of aryl methyl sites for hydroxylation is 1. The second-order valence-corrected chi connectivity index (χ2v) is 9.18. The van der Waals surface area contributed by atoms with E-state index in [4.69, 9.17) is 4.42 Å². The van der Waals surface area contributed by atoms with E-state index in [1.807, 2.05) is 37.3 Å². The van der Waals surface area contributed by atoms with Crippen LogP contribution in [-0.4, -0.2) is 35.8 Å². The second-order valence-electron chi connectivity index (χ2n) is 9.18. The number of carbonyl (C=O) groups excluding carboxylic acids is 3. The molecule has 1 aromatic carbocycles. The van der Waals surface area contributed by atoms with Gasteiger partial charge in [0.05, 0.1) is 0 Å². The number of hydrogen-bond acceptors (Lipinski definition) is 5. The van der Waals surface area contributed by atoms with E-state index in [9.17, 15) is 14.4 Å². The summed E-state index contributed by atoms with van der Waals surface area (Å²) in [7, 11) is 1.59. The number of nitrogens with zero attached hydrogens (tertiary/aromatic N) is 1. The first-order valence-corrected chi connectivity index (χ1v) is 12.4. The van der Waals surface area contributed by atoms with Crippen LogP contribution < -0.4 is 16.0 Å². The molecule has 188 valence electrons. The lowest BCUT2D eigenvalue weighted by Crippen LogP contribution is -2.50. The van der Waals surface area contributed by atoms with Gasteiger partial charge in [0, 0.05) is 25.4 Å². The summed E-state index contributed by atoms with van der Waals surface area (Å²) in [5.41, 5.74) is 2.96. The van der Waals surface area contributed by atoms with Crippen molar-refractivity contribution >= 4 is 17.7 Å². The lowest BCUT2D eigenvalue weighted by molar-refractivity contribution is -0.124. The van der Waals surface area contributed by atoms with Crippen molar-refractivity contribution in [3.63, 3.8) is 0 Å². The summed E-state index contributed by atoms with van der Waals surface area (Å²) >= 11 is 0. The van der Waals surface area contributed by atoms with Crippen LogP contribution in [0.3, 0.4) is 0 Å². The van der Waals surface area contributed by atoms with E-state index < -0.39 is 11.9 Å². The number of aromatic nitrogens is 1. The van der Waals surface area contributed by atoms with Crippen LogP contribution in [-0.2, 0) is 11.3 Å². The molecule has 1 atom stereocenters. The normalized spacial score (nSPS) is 14.6. The minimum Gasteiger partial charge on any atom is -0.451 e. The Bertz CT molecular complexity index is 1210. The Morgan fingerprint density at radius 3 is 2.44 bits per heavy atom. The first-order valence-electron chi connectivity index (χ1n) is 12.4. The predicted molar refractivity (Wildman–Crippen MR) is 136 cm³/mol. The number of carbonyl (C=O) groups is 3. The Morgan fingerprint density at radius 2 is 1.75 bits per heavy atom. The largest absolute Gasteiger partial charge is 0.451 e. The average molecular weight is 489 g/mol. The van der Waals surface area contributed by atoms with Crippen molar-refractivity contribution < 1.29 is 18.8 Å². The van der Waals surface area contributed by atoms with E-state index in [0.717, 1.165) is 42.4 Å². The van der Waals surface area contributed by atoms with Crippen LogP contribution in [0.4, 0.5) is 0 Å². The molecule has 0 spiro atoms. The van der Waals surface area contributed by atoms with Crippen molar-refractivity contribution in [2.45, 2.75) is 51.6 Å². The average Bonchev–Trinajstić information content (AvgIpc) is 3.41. The van der Waals surface area contributed by atoms with Crippen LogP contribution in [0, 0.1) is 12.8 Å². The summed E-state index contributed by atoms with van der Waals surface area (Å²) in [6, 6.07) is 14.0. The van der Waals surface area contributed by atoms with Gasteiger partial charge in [-0.3, -0.25) is 19.4 Å². The molecule has 1 saturated carbocycles. The molecule has 1 fully saturated rings. The van der Waals surface area contributed by atoms with Gasteiger partial charge in [0.1, 0.15) is 17.5 Å². The maximum absolute atomic E-state index is 12.9. The van der Waals surface area contributed by atoms with Crippen LogP contribution in [0.2, 0.25) is 0 Å². The Balaban J connectivity index is 1.37. The van der Waals surface area contributed by atoms with E-state index in [0.29, 0.717) is 18.0 Å². The van der Waals surface area contributed by atoms with Gasteiger partial charge in [-0.2, -0.15) is 0 Å². The standard InChI is InChI=1S/C28H32N4O4/c1-18-7-6-16-30-24(18)28(35)31-17-19-10-12-20(13-11-19)22-14-15-23(36-22)26(33)32-25(27(34)29-2)21-8-4-3-5-9-21/h6-7,10-16,21,25H,3-5,8-9,17H2,1-2H3,(H,29,34)(H,31,35)(H,32,33). The van der Waals surface area contributed by atoms with Crippen LogP contribution in [0.15, 0.2) is 59.1 Å². The first-order chi connectivity index (χ1) is 17.5. The van der Waals surface area contributed by atoms with Crippen molar-refractivity contribution in [2.75, 3.05) is 7.05 Å². The summed E-state index contributed by atoms with van der Waals surface area (Å²) < 4.78 is 5.82. The van der Waals surface area contributed by atoms with E-state index in [1.54, 1.807) is 31.4 Å². The summed E-state index contributed by atoms with van der Waals surface area (Å²) in [6.07, 6.45) is 6.76. The van der Waals surface area contributed by atoms with Crippen LogP contribution >= 0.6 is 0 Å². The van der Waals surface area contributed by atoms with Gasteiger partial charge < -0.3 is 20.4 Å². The maximum atomic E-state index is 12.9. The minimum atomic E-state index is -0.569. The molecule has 4 rings (SSSR count). The summed E-state index contributed by atoms with van der Waals surface area (Å²) in [5, 5.41) is 8.44. The van der Waals surface area contributed by atoms with Gasteiger partial charge in [-0.15, -0.1) is 0 Å². The third-order valence-electron chi connectivity index (χ3n) is 6.68. The third-order valence-corrected chi connectivity index (χ3v) is 6.68. The molecule has 2 heterocycles. The highest BCUT2D eigenvalue weighted by molar-refractivity contribution is 5.96. The number of rotatable bonds is 8. The minimum absolute atomic E-state index is 0.131. The number of furan rings is 1. The van der Waals surface area contributed by atoms with Gasteiger partial charge in [-0.1, -0.05) is 49.6 Å². The molecular formula is C28H32N4O4. The van der Waals surface area contributed by atoms with Crippen molar-refractivity contribution in [1.82, 2.24) is 20.9 Å². The van der Waals surface area contributed by atoms with Gasteiger partial charge in [0.15, 0.2) is 5.76 Å². The van der Waals surface area contributed by atoms with Gasteiger partial charge >= 0.3 is 0 Å². The highest BCUT2D eigenvalue weighted by Crippen LogP contribution is 2.27. The van der Waals surface area contributed by atoms with E-state index in [1.165, 1.54) is 6.42 Å². The lowest BCUT2D eigenvalue weighted by atomic mass is 9.83. The number of nitrogens with one attached hydrogen (secondary N) is 3. The molecular weight excluding hydrogens is 456 g/mol. The molecule has 3 aromatic rings. The molecule has 8 heteroatoms. The monoisotopic (exact) mass is 488 g/mol. The highest BCUT2D eigenvalue weighted by Gasteiger charge is 2.31. The Kier molecular flexibility index (Phi) is 8.15. The molecule has 1 aliphatic carbocycles. The molecule has 2 aromatic heterocycles. The summed E-state index contributed by atoms with van der Waals surface area (Å²) in [6.45, 7) is 2.21. The number of pyridine rings is 1. The van der Waals surface area contributed by atoms with Gasteiger partial charge in [0.25, 0.3) is 11.8 Å². The fourth-order valence-corrected chi connectivity index (χ4v) is 4.62. The SMILES string of the molecule is CNC(=O)C(NC(=O)c1ccc(-c2ccc(CNC(=O)c3ncccc3C)cc2)o1)C1CCCCC1. The number of hydrogen-bond donors (Lipinski definition) is 3. The lowest BCUT2D eigenvalue weighted by Gasteiger charge is -2.29. The third kappa shape index (κ3) is 6.00. The molecule has 1 unspecified atom stereocenters. The van der Waals surface area contributed by atoms with Crippen LogP contribution in [0.1, 0.15) is 64.3 Å². The Morgan fingerprint density at radius 1 is 1.00 bits per heavy atom. The predicted octanol–water partition coefficient (Wildman–Crippen LogP) is 4.00. The Hall–Kier alpha value is -3.94. The maximum Gasteiger partial charge on any atom is 0.287 e. The molecule has 3 amide bonds. The topological polar surface area (TPSA) is 113 Å². The van der Waals surface area contributed by atoms with E-state index in [-0.39, 0.29) is 23.5 Å². The molecule has 1 aliphatic rings. The van der Waals surface area contributed by atoms with Crippen molar-refractivity contribution in [1.29, 1.82) is 0 Å². The highest BCUT2D eigenvalue weighted by atomic mass is 16.4. The molecule has 0 saturated heterocycles. The van der Waals surface area contributed by atoms with Gasteiger partial charge in [0.2, 0.25) is 5.91 Å². The number of likely N-dealkylation sites (N-methyl/N-ethyl adjacent to an activating group) is 1. The summed E-state index contributed by atoms with van der Waals surface area (Å²) in [5.74, 6) is 0.0483. The van der Waals surface area contributed by atoms with Crippen molar-refractivity contribution in [3.8, 4) is 11.3 Å². The fraction of sp³-hybridized carbons (Fsp3) is 0.357. The van der Waals surface area contributed by atoms with Crippen LogP contribution in [0.25, 0.3) is 11.3 Å². The number of amides is 3. The molecule has 36 heavy (non-hydrogen) atoms. The molecule has 3 N–H and O–H groups in total. The number of benzene rings is 1. The molecule has 0 radical (unpaired) electrons. The zero-order valence-electron chi connectivity index (χ0n) is 20.7. The quantitative estimate of drug-likeness (QED) is 0.444. The van der Waals surface area contributed by atoms with E-state index in [2.05, 4.69) is 20.9 Å². The van der Waals surface area contributed by atoms with Crippen molar-refractivity contribution in [2.24, 2.45) is 5.92 Å². The van der Waals surface area contributed by atoms with E-state index >= 15 is 0 Å². The Labute approximate surface area is 210 Å². The molecule has 0 bridgehead atoms. The van der Waals surface area contributed by atoms with Gasteiger partial charge in [-0.05, 0) is 55.0 Å². The van der Waals surface area contributed by atoms with Gasteiger partial charge in [-0.25, -0.2) is 0 Å². The van der Waals surface area contributed by atoms with Crippen LogP contribution in [0.5, 0.6) is 0 Å². The summed E-state index contributed by atoms with van der Waals surface area (Å²) in [4.78, 5) is 41.8. The van der Waals surface area contributed by atoms with Crippen molar-refractivity contribution in [3.05, 3.63) is 77.3 Å². The fourth-order valence-electron chi connectivity index (χ4n) is 4.62. The molecule has 8 nitrogen and oxygen atoms in total. The zero-order valence-corrected chi connectivity index (χ0v) is 20.7. The zero-order chi connectivity index (χ0) is 25.5. The smallest absolute Gasteiger partial charge is 0.287 e. The molecule has 0 aliphatic heterocycles. The second kappa shape index (κ2) is 11.7.